The van der Waals surface area contributed by atoms with Crippen molar-refractivity contribution in [3.63, 3.8) is 0 Å². The number of hydrogen-bond donors (Lipinski definition) is 1. The first-order chi connectivity index (χ1) is 15.7. The molecule has 0 saturated carbocycles. The van der Waals surface area contributed by atoms with Crippen molar-refractivity contribution >= 4 is 33.2 Å². The second kappa shape index (κ2) is 9.57. The number of nitrogens with zero attached hydrogens (tertiary/aromatic N) is 1. The monoisotopic (exact) mass is 482 g/mol. The Kier molecular flexibility index (Phi) is 6.77. The third-order valence-electron chi connectivity index (χ3n) is 5.99. The lowest BCUT2D eigenvalue weighted by atomic mass is 10.0. The van der Waals surface area contributed by atoms with Crippen molar-refractivity contribution in [2.45, 2.75) is 44.0 Å². The number of anilines is 1. The number of hydrogen-bond acceptors (Lipinski definition) is 3. The Morgan fingerprint density at radius 3 is 2.48 bits per heavy atom. The van der Waals surface area contributed by atoms with Gasteiger partial charge < -0.3 is 5.32 Å². The Balaban J connectivity index is 1.58. The molecule has 4 rings (SSSR count). The van der Waals surface area contributed by atoms with E-state index in [2.05, 4.69) is 17.4 Å². The van der Waals surface area contributed by atoms with Gasteiger partial charge in [0, 0.05) is 5.02 Å². The van der Waals surface area contributed by atoms with Gasteiger partial charge >= 0.3 is 0 Å². The fourth-order valence-electron chi connectivity index (χ4n) is 4.15. The molecule has 0 aliphatic heterocycles. The molecule has 0 unspecified atom stereocenters. The summed E-state index contributed by atoms with van der Waals surface area (Å²) in [6.45, 7) is 3.44. The molecule has 3 aromatic carbocycles. The predicted octanol–water partition coefficient (Wildman–Crippen LogP) is 5.21. The summed E-state index contributed by atoms with van der Waals surface area (Å²) in [6, 6.07) is 19.1. The Bertz CT molecular complexity index is 1270. The number of halogens is 1. The predicted molar refractivity (Wildman–Crippen MR) is 132 cm³/mol. The molecule has 0 heterocycles. The largest absolute Gasteiger partial charge is 0.348 e. The standard InChI is InChI=1S/C26H27ClN2O3S/c1-18-9-13-25(14-10-18)33(31,32)29(24-8-4-7-23(27)16-24)17-26(30)28-19(2)21-12-11-20-5-3-6-22(20)15-21/h4,7-16,19H,3,5-6,17H2,1-2H3,(H,28,30)/t19-/m1/s1. The van der Waals surface area contributed by atoms with Crippen LogP contribution in [0.4, 0.5) is 5.69 Å². The summed E-state index contributed by atoms with van der Waals surface area (Å²) in [5.74, 6) is -0.390. The van der Waals surface area contributed by atoms with E-state index in [1.54, 1.807) is 48.5 Å². The maximum absolute atomic E-state index is 13.5. The van der Waals surface area contributed by atoms with Gasteiger partial charge in [0.15, 0.2) is 0 Å². The van der Waals surface area contributed by atoms with Gasteiger partial charge in [0.05, 0.1) is 16.6 Å². The first-order valence-corrected chi connectivity index (χ1v) is 12.8. The quantitative estimate of drug-likeness (QED) is 0.502. The fraction of sp³-hybridized carbons (Fsp3) is 0.269. The van der Waals surface area contributed by atoms with Crippen LogP contribution >= 0.6 is 11.6 Å². The van der Waals surface area contributed by atoms with E-state index in [1.807, 2.05) is 19.9 Å². The van der Waals surface area contributed by atoms with Crippen LogP contribution in [0.2, 0.25) is 5.02 Å². The minimum Gasteiger partial charge on any atom is -0.348 e. The van der Waals surface area contributed by atoms with Crippen molar-refractivity contribution in [3.05, 3.63) is 94.0 Å². The number of amides is 1. The molecule has 172 valence electrons. The first-order valence-electron chi connectivity index (χ1n) is 11.0. The van der Waals surface area contributed by atoms with Gasteiger partial charge in [-0.25, -0.2) is 8.42 Å². The molecular weight excluding hydrogens is 456 g/mol. The van der Waals surface area contributed by atoms with Gasteiger partial charge in [-0.1, -0.05) is 53.6 Å². The molecule has 0 bridgehead atoms. The minimum atomic E-state index is -3.98. The molecule has 1 aliphatic carbocycles. The van der Waals surface area contributed by atoms with Crippen LogP contribution in [0.3, 0.4) is 0 Å². The molecule has 0 radical (unpaired) electrons. The minimum absolute atomic E-state index is 0.118. The Hall–Kier alpha value is -2.83. The van der Waals surface area contributed by atoms with Crippen molar-refractivity contribution in [3.8, 4) is 0 Å². The van der Waals surface area contributed by atoms with Gasteiger partial charge in [0.2, 0.25) is 5.91 Å². The summed E-state index contributed by atoms with van der Waals surface area (Å²) in [4.78, 5) is 13.1. The van der Waals surface area contributed by atoms with E-state index < -0.39 is 15.9 Å². The maximum atomic E-state index is 13.5. The molecule has 0 fully saturated rings. The molecule has 7 heteroatoms. The highest BCUT2D eigenvalue weighted by Gasteiger charge is 2.28. The molecule has 5 nitrogen and oxygen atoms in total. The van der Waals surface area contributed by atoms with Gasteiger partial charge in [-0.2, -0.15) is 0 Å². The molecule has 3 aromatic rings. The summed E-state index contributed by atoms with van der Waals surface area (Å²) >= 11 is 6.13. The normalized spacial score (nSPS) is 13.9. The van der Waals surface area contributed by atoms with Crippen molar-refractivity contribution in [1.82, 2.24) is 5.32 Å². The fourth-order valence-corrected chi connectivity index (χ4v) is 5.74. The smallest absolute Gasteiger partial charge is 0.264 e. The van der Waals surface area contributed by atoms with E-state index in [0.717, 1.165) is 34.7 Å². The lowest BCUT2D eigenvalue weighted by Crippen LogP contribution is -2.41. The summed E-state index contributed by atoms with van der Waals surface area (Å²) in [5.41, 5.74) is 5.00. The molecule has 0 aromatic heterocycles. The summed E-state index contributed by atoms with van der Waals surface area (Å²) in [7, 11) is -3.98. The van der Waals surface area contributed by atoms with E-state index in [-0.39, 0.29) is 17.5 Å². The maximum Gasteiger partial charge on any atom is 0.264 e. The van der Waals surface area contributed by atoms with Gasteiger partial charge in [0.25, 0.3) is 10.0 Å². The van der Waals surface area contributed by atoms with Crippen LogP contribution in [-0.4, -0.2) is 20.9 Å². The highest BCUT2D eigenvalue weighted by atomic mass is 35.5. The average Bonchev–Trinajstić information content (AvgIpc) is 3.25. The molecule has 33 heavy (non-hydrogen) atoms. The lowest BCUT2D eigenvalue weighted by Gasteiger charge is -2.25. The Morgan fingerprint density at radius 1 is 1.03 bits per heavy atom. The molecule has 1 atom stereocenters. The SMILES string of the molecule is Cc1ccc(S(=O)(=O)N(CC(=O)N[C@H](C)c2ccc3c(c2)CCC3)c2cccc(Cl)c2)cc1. The van der Waals surface area contributed by atoms with E-state index in [0.29, 0.717) is 10.7 Å². The second-order valence-corrected chi connectivity index (χ2v) is 10.8. The van der Waals surface area contributed by atoms with Crippen molar-refractivity contribution < 1.29 is 13.2 Å². The van der Waals surface area contributed by atoms with Gasteiger partial charge in [-0.15, -0.1) is 0 Å². The Morgan fingerprint density at radius 2 is 1.76 bits per heavy atom. The number of nitrogens with one attached hydrogen (secondary N) is 1. The number of fused-ring (bicyclic) bond motifs is 1. The number of benzene rings is 3. The van der Waals surface area contributed by atoms with Crippen molar-refractivity contribution in [1.29, 1.82) is 0 Å². The third-order valence-corrected chi connectivity index (χ3v) is 8.02. The summed E-state index contributed by atoms with van der Waals surface area (Å²) in [5, 5.41) is 3.35. The Labute approximate surface area is 200 Å². The number of sulfonamides is 1. The van der Waals surface area contributed by atoms with Crippen LogP contribution < -0.4 is 9.62 Å². The zero-order valence-corrected chi connectivity index (χ0v) is 20.3. The van der Waals surface area contributed by atoms with E-state index in [9.17, 15) is 13.2 Å². The molecule has 0 saturated heterocycles. The van der Waals surface area contributed by atoms with Crippen LogP contribution in [-0.2, 0) is 27.7 Å². The van der Waals surface area contributed by atoms with Crippen LogP contribution in [0.1, 0.15) is 41.6 Å². The number of aryl methyl sites for hydroxylation is 3. The van der Waals surface area contributed by atoms with Crippen molar-refractivity contribution in [2.24, 2.45) is 0 Å². The van der Waals surface area contributed by atoms with E-state index in [4.69, 9.17) is 11.6 Å². The zero-order valence-electron chi connectivity index (χ0n) is 18.7. The highest BCUT2D eigenvalue weighted by molar-refractivity contribution is 7.92. The van der Waals surface area contributed by atoms with Crippen molar-refractivity contribution in [2.75, 3.05) is 10.8 Å². The molecule has 1 N–H and O–H groups in total. The van der Waals surface area contributed by atoms with Gasteiger partial charge in [-0.05, 0) is 80.1 Å². The third kappa shape index (κ3) is 5.23. The number of carbonyl (C=O) groups is 1. The lowest BCUT2D eigenvalue weighted by molar-refractivity contribution is -0.120. The highest BCUT2D eigenvalue weighted by Crippen LogP contribution is 2.27. The van der Waals surface area contributed by atoms with Crippen LogP contribution in [0, 0.1) is 6.92 Å². The summed E-state index contributed by atoms with van der Waals surface area (Å²) < 4.78 is 28.1. The van der Waals surface area contributed by atoms with E-state index in [1.165, 1.54) is 11.1 Å². The van der Waals surface area contributed by atoms with Gasteiger partial charge in [0.1, 0.15) is 6.54 Å². The average molecular weight is 483 g/mol. The van der Waals surface area contributed by atoms with Gasteiger partial charge in [-0.3, -0.25) is 9.10 Å². The van der Waals surface area contributed by atoms with Crippen LogP contribution in [0.5, 0.6) is 0 Å². The first kappa shape index (κ1) is 23.3. The number of carbonyl (C=O) groups excluding carboxylic acids is 1. The molecule has 1 aliphatic rings. The summed E-state index contributed by atoms with van der Waals surface area (Å²) in [6.07, 6.45) is 3.31. The van der Waals surface area contributed by atoms with E-state index >= 15 is 0 Å². The second-order valence-electron chi connectivity index (χ2n) is 8.48. The topological polar surface area (TPSA) is 66.5 Å². The van der Waals surface area contributed by atoms with Crippen LogP contribution in [0.25, 0.3) is 0 Å². The number of rotatable bonds is 7. The molecule has 1 amide bonds. The zero-order chi connectivity index (χ0) is 23.6. The molecule has 0 spiro atoms. The molecular formula is C26H27ClN2O3S. The van der Waals surface area contributed by atoms with Crippen LogP contribution in [0.15, 0.2) is 71.6 Å².